The van der Waals surface area contributed by atoms with E-state index >= 15 is 0 Å². The highest BCUT2D eigenvalue weighted by Crippen LogP contribution is 2.38. The first-order chi connectivity index (χ1) is 8.92. The predicted molar refractivity (Wildman–Crippen MR) is 81.2 cm³/mol. The summed E-state index contributed by atoms with van der Waals surface area (Å²) in [5.74, 6) is -0.225. The summed E-state index contributed by atoms with van der Waals surface area (Å²) in [5.41, 5.74) is 0.900. The number of thioether (sulfide) groups is 1. The largest absolute Gasteiger partial charge is 0.465 e. The van der Waals surface area contributed by atoms with Crippen molar-refractivity contribution in [2.45, 2.75) is 29.9 Å². The number of thiazole rings is 1. The van der Waals surface area contributed by atoms with Crippen molar-refractivity contribution in [1.29, 1.82) is 0 Å². The summed E-state index contributed by atoms with van der Waals surface area (Å²) in [7, 11) is 0. The molecular weight excluding hydrogens is 302 g/mol. The zero-order valence-corrected chi connectivity index (χ0v) is 13.3. The van der Waals surface area contributed by atoms with Crippen LogP contribution in [0.15, 0.2) is 22.5 Å². The van der Waals surface area contributed by atoms with E-state index < -0.39 is 4.75 Å². The number of nitrogens with zero attached hydrogens (tertiary/aromatic N) is 1. The Bertz CT molecular complexity index is 610. The second-order valence-electron chi connectivity index (χ2n) is 4.42. The van der Waals surface area contributed by atoms with E-state index in [1.165, 1.54) is 23.1 Å². The average Bonchev–Trinajstić information content (AvgIpc) is 2.69. The molecule has 1 aromatic carbocycles. The van der Waals surface area contributed by atoms with Crippen molar-refractivity contribution in [1.82, 2.24) is 4.98 Å². The van der Waals surface area contributed by atoms with Gasteiger partial charge < -0.3 is 4.74 Å². The maximum Gasteiger partial charge on any atom is 0.322 e. The smallest absolute Gasteiger partial charge is 0.322 e. The molecule has 6 heteroatoms. The van der Waals surface area contributed by atoms with E-state index in [9.17, 15) is 4.79 Å². The highest BCUT2D eigenvalue weighted by molar-refractivity contribution is 8.03. The fourth-order valence-electron chi connectivity index (χ4n) is 1.49. The Labute approximate surface area is 125 Å². The number of ether oxygens (including phenoxy) is 1. The van der Waals surface area contributed by atoms with Gasteiger partial charge in [0.15, 0.2) is 4.34 Å². The van der Waals surface area contributed by atoms with Crippen molar-refractivity contribution in [3.05, 3.63) is 23.2 Å². The van der Waals surface area contributed by atoms with E-state index in [0.29, 0.717) is 11.6 Å². The van der Waals surface area contributed by atoms with Crippen LogP contribution in [-0.4, -0.2) is 22.3 Å². The van der Waals surface area contributed by atoms with Gasteiger partial charge in [-0.2, -0.15) is 0 Å². The zero-order valence-electron chi connectivity index (χ0n) is 10.9. The first-order valence-electron chi connectivity index (χ1n) is 5.84. The van der Waals surface area contributed by atoms with Crippen LogP contribution in [0.1, 0.15) is 20.8 Å². The van der Waals surface area contributed by atoms with E-state index in [1.54, 1.807) is 6.92 Å². The quantitative estimate of drug-likeness (QED) is 0.620. The van der Waals surface area contributed by atoms with Gasteiger partial charge in [0.2, 0.25) is 0 Å². The third-order valence-corrected chi connectivity index (χ3v) is 4.93. The number of benzene rings is 1. The minimum Gasteiger partial charge on any atom is -0.465 e. The summed E-state index contributed by atoms with van der Waals surface area (Å²) in [6.45, 7) is 5.88. The van der Waals surface area contributed by atoms with Gasteiger partial charge in [-0.3, -0.25) is 4.79 Å². The van der Waals surface area contributed by atoms with Gasteiger partial charge in [0.25, 0.3) is 0 Å². The minimum atomic E-state index is -0.645. The van der Waals surface area contributed by atoms with E-state index in [4.69, 9.17) is 16.3 Å². The van der Waals surface area contributed by atoms with Crippen LogP contribution in [0.4, 0.5) is 0 Å². The molecule has 0 aliphatic carbocycles. The normalized spacial score (nSPS) is 11.8. The number of carbonyl (C=O) groups is 1. The molecule has 2 rings (SSSR count). The van der Waals surface area contributed by atoms with Gasteiger partial charge in [0.1, 0.15) is 4.75 Å². The summed E-state index contributed by atoms with van der Waals surface area (Å²) < 4.78 is 6.29. The lowest BCUT2D eigenvalue weighted by molar-refractivity contribution is -0.145. The molecule has 0 amide bonds. The van der Waals surface area contributed by atoms with Crippen molar-refractivity contribution >= 4 is 50.9 Å². The molecule has 0 unspecified atom stereocenters. The fourth-order valence-corrected chi connectivity index (χ4v) is 4.24. The van der Waals surface area contributed by atoms with E-state index in [2.05, 4.69) is 4.98 Å². The summed E-state index contributed by atoms with van der Waals surface area (Å²) in [6.07, 6.45) is 0. The number of halogens is 1. The Kier molecular flexibility index (Phi) is 4.38. The molecule has 0 bridgehead atoms. The first kappa shape index (κ1) is 14.6. The van der Waals surface area contributed by atoms with Crippen molar-refractivity contribution < 1.29 is 9.53 Å². The number of aromatic nitrogens is 1. The molecule has 1 heterocycles. The molecule has 0 aliphatic rings. The van der Waals surface area contributed by atoms with Gasteiger partial charge in [-0.05, 0) is 39.0 Å². The Morgan fingerprint density at radius 3 is 2.95 bits per heavy atom. The molecule has 0 spiro atoms. The molecule has 0 saturated heterocycles. The van der Waals surface area contributed by atoms with Crippen LogP contribution < -0.4 is 0 Å². The van der Waals surface area contributed by atoms with Gasteiger partial charge >= 0.3 is 5.97 Å². The number of esters is 1. The van der Waals surface area contributed by atoms with Crippen molar-refractivity contribution in [2.75, 3.05) is 6.61 Å². The summed E-state index contributed by atoms with van der Waals surface area (Å²) in [6, 6.07) is 5.58. The second-order valence-corrected chi connectivity index (χ2v) is 7.76. The number of hydrogen-bond donors (Lipinski definition) is 0. The predicted octanol–water partition coefficient (Wildman–Crippen LogP) is 4.38. The molecule has 2 aromatic rings. The van der Waals surface area contributed by atoms with Crippen molar-refractivity contribution in [3.8, 4) is 0 Å². The lowest BCUT2D eigenvalue weighted by Crippen LogP contribution is -2.29. The maximum absolute atomic E-state index is 11.9. The number of rotatable bonds is 4. The van der Waals surface area contributed by atoms with Gasteiger partial charge in [0, 0.05) is 5.02 Å². The third-order valence-electron chi connectivity index (χ3n) is 2.44. The van der Waals surface area contributed by atoms with Crippen LogP contribution in [0, 0.1) is 0 Å². The molecule has 0 saturated carbocycles. The second kappa shape index (κ2) is 5.69. The average molecular weight is 316 g/mol. The van der Waals surface area contributed by atoms with Crippen LogP contribution >= 0.6 is 34.7 Å². The third kappa shape index (κ3) is 3.41. The van der Waals surface area contributed by atoms with Crippen LogP contribution in [0.2, 0.25) is 5.02 Å². The molecule has 19 heavy (non-hydrogen) atoms. The minimum absolute atomic E-state index is 0.225. The van der Waals surface area contributed by atoms with Crippen molar-refractivity contribution in [3.63, 3.8) is 0 Å². The van der Waals surface area contributed by atoms with E-state index in [0.717, 1.165) is 14.6 Å². The van der Waals surface area contributed by atoms with Gasteiger partial charge in [0.05, 0.1) is 16.8 Å². The maximum atomic E-state index is 11.9. The molecule has 3 nitrogen and oxygen atoms in total. The Morgan fingerprint density at radius 1 is 1.53 bits per heavy atom. The van der Waals surface area contributed by atoms with Crippen LogP contribution in [0.3, 0.4) is 0 Å². The van der Waals surface area contributed by atoms with Gasteiger partial charge in [-0.15, -0.1) is 11.3 Å². The lowest BCUT2D eigenvalue weighted by Gasteiger charge is -2.19. The highest BCUT2D eigenvalue weighted by Gasteiger charge is 2.31. The number of carbonyl (C=O) groups excluding carboxylic acids is 1. The monoisotopic (exact) mass is 315 g/mol. The Morgan fingerprint density at radius 2 is 2.26 bits per heavy atom. The molecule has 0 N–H and O–H groups in total. The molecule has 1 aromatic heterocycles. The molecule has 0 aliphatic heterocycles. The fraction of sp³-hybridized carbons (Fsp3) is 0.385. The standard InChI is InChI=1S/C13H14ClNO2S2/c1-4-17-11(16)13(2,3)19-12-15-9-6-5-8(14)7-10(9)18-12/h5-7H,4H2,1-3H3. The summed E-state index contributed by atoms with van der Waals surface area (Å²) in [5, 5.41) is 0.692. The summed E-state index contributed by atoms with van der Waals surface area (Å²) >= 11 is 8.90. The Hall–Kier alpha value is -0.780. The Balaban J connectivity index is 2.23. The van der Waals surface area contributed by atoms with E-state index in [1.807, 2.05) is 32.0 Å². The van der Waals surface area contributed by atoms with Gasteiger partial charge in [-0.25, -0.2) is 4.98 Å². The number of hydrogen-bond acceptors (Lipinski definition) is 5. The topological polar surface area (TPSA) is 39.2 Å². The first-order valence-corrected chi connectivity index (χ1v) is 7.86. The molecular formula is C13H14ClNO2S2. The van der Waals surface area contributed by atoms with Crippen LogP contribution in [-0.2, 0) is 9.53 Å². The number of fused-ring (bicyclic) bond motifs is 1. The van der Waals surface area contributed by atoms with Gasteiger partial charge in [-0.1, -0.05) is 23.4 Å². The lowest BCUT2D eigenvalue weighted by atomic mass is 10.2. The molecule has 0 atom stereocenters. The zero-order chi connectivity index (χ0) is 14.0. The van der Waals surface area contributed by atoms with Crippen LogP contribution in [0.5, 0.6) is 0 Å². The molecule has 102 valence electrons. The molecule has 0 fully saturated rings. The van der Waals surface area contributed by atoms with Crippen LogP contribution in [0.25, 0.3) is 10.2 Å². The van der Waals surface area contributed by atoms with Crippen molar-refractivity contribution in [2.24, 2.45) is 0 Å². The SMILES string of the molecule is CCOC(=O)C(C)(C)Sc1nc2ccc(Cl)cc2s1. The highest BCUT2D eigenvalue weighted by atomic mass is 35.5. The van der Waals surface area contributed by atoms with E-state index in [-0.39, 0.29) is 5.97 Å². The molecule has 0 radical (unpaired) electrons. The summed E-state index contributed by atoms with van der Waals surface area (Å²) in [4.78, 5) is 16.3.